The van der Waals surface area contributed by atoms with Gasteiger partial charge in [-0.15, -0.1) is 0 Å². The molecule has 0 fully saturated rings. The number of methoxy groups -OCH3 is 4. The van der Waals surface area contributed by atoms with Gasteiger partial charge in [-0.1, -0.05) is 0 Å². The molecule has 32 heavy (non-hydrogen) atoms. The van der Waals surface area contributed by atoms with E-state index in [9.17, 15) is 19.8 Å². The number of carbonyl (C=O) groups excluding carboxylic acids is 2. The van der Waals surface area contributed by atoms with E-state index in [0.717, 1.165) is 0 Å². The number of benzene rings is 2. The number of carbonyl (C=O) groups is 2. The zero-order valence-electron chi connectivity index (χ0n) is 19.0. The molecule has 0 saturated heterocycles. The summed E-state index contributed by atoms with van der Waals surface area (Å²) in [5.74, 6) is -0.608. The lowest BCUT2D eigenvalue weighted by molar-refractivity contribution is 0.0718. The molecule has 174 valence electrons. The van der Waals surface area contributed by atoms with Crippen LogP contribution in [0.4, 0.5) is 0 Å². The molecule has 0 unspecified atom stereocenters. The fraction of sp³-hybridized carbons (Fsp3) is 0.364. The molecule has 2 N–H and O–H groups in total. The number of phenolic OH excluding ortho intramolecular Hbond substituents is 2. The Morgan fingerprint density at radius 2 is 0.906 bits per heavy atom. The summed E-state index contributed by atoms with van der Waals surface area (Å²) < 4.78 is 20.4. The van der Waals surface area contributed by atoms with Crippen molar-refractivity contribution in [1.82, 2.24) is 9.80 Å². The number of phenols is 2. The molecule has 0 aliphatic rings. The molecular formula is C22H28N2O8. The minimum Gasteiger partial charge on any atom is -0.502 e. The van der Waals surface area contributed by atoms with Gasteiger partial charge in [0.15, 0.2) is 23.0 Å². The minimum absolute atomic E-state index is 0.114. The second-order valence-electron chi connectivity index (χ2n) is 6.91. The summed E-state index contributed by atoms with van der Waals surface area (Å²) in [5.41, 5.74) is 0.530. The van der Waals surface area contributed by atoms with Gasteiger partial charge in [-0.25, -0.2) is 0 Å². The molecule has 2 rings (SSSR count). The molecule has 2 aromatic carbocycles. The van der Waals surface area contributed by atoms with Crippen molar-refractivity contribution in [3.63, 3.8) is 0 Å². The first-order valence-corrected chi connectivity index (χ1v) is 9.59. The van der Waals surface area contributed by atoms with Crippen molar-refractivity contribution in [2.75, 3.05) is 55.6 Å². The molecule has 0 spiro atoms. The molecule has 0 saturated carbocycles. The lowest BCUT2D eigenvalue weighted by atomic mass is 10.1. The van der Waals surface area contributed by atoms with Crippen molar-refractivity contribution < 1.29 is 38.7 Å². The lowest BCUT2D eigenvalue weighted by Gasteiger charge is -2.23. The van der Waals surface area contributed by atoms with Crippen molar-refractivity contribution in [3.05, 3.63) is 35.4 Å². The number of likely N-dealkylation sites (N-methyl/N-ethyl adjacent to an activating group) is 2. The van der Waals surface area contributed by atoms with Crippen molar-refractivity contribution in [1.29, 1.82) is 0 Å². The van der Waals surface area contributed by atoms with Gasteiger partial charge in [-0.05, 0) is 24.3 Å². The van der Waals surface area contributed by atoms with Gasteiger partial charge in [0, 0.05) is 38.3 Å². The third-order valence-electron chi connectivity index (χ3n) is 4.92. The van der Waals surface area contributed by atoms with Crippen LogP contribution < -0.4 is 18.9 Å². The molecule has 2 amide bonds. The van der Waals surface area contributed by atoms with E-state index in [4.69, 9.17) is 18.9 Å². The molecular weight excluding hydrogens is 420 g/mol. The number of nitrogens with zero attached hydrogens (tertiary/aromatic N) is 2. The highest BCUT2D eigenvalue weighted by molar-refractivity contribution is 5.96. The summed E-state index contributed by atoms with van der Waals surface area (Å²) in [6, 6.07) is 5.67. The highest BCUT2D eigenvalue weighted by Crippen LogP contribution is 2.38. The predicted molar refractivity (Wildman–Crippen MR) is 116 cm³/mol. The van der Waals surface area contributed by atoms with E-state index in [1.54, 1.807) is 14.1 Å². The molecule has 2 aromatic rings. The van der Waals surface area contributed by atoms with E-state index in [1.165, 1.54) is 62.5 Å². The standard InChI is InChI=1S/C22H28N2O8/c1-23(21(27)13-9-15(29-3)19(25)16(10-13)30-4)7-8-24(2)22(28)14-11-17(31-5)20(26)18(12-14)32-6/h9-12,25-26H,7-8H2,1-6H3. The van der Waals surface area contributed by atoms with Gasteiger partial charge in [0.05, 0.1) is 28.4 Å². The maximum Gasteiger partial charge on any atom is 0.253 e. The number of hydrogen-bond donors (Lipinski definition) is 2. The molecule has 0 aromatic heterocycles. The Kier molecular flexibility index (Phi) is 8.00. The Bertz CT molecular complexity index is 862. The summed E-state index contributed by atoms with van der Waals surface area (Å²) in [4.78, 5) is 28.5. The van der Waals surface area contributed by atoms with E-state index in [0.29, 0.717) is 0 Å². The number of hydrogen-bond acceptors (Lipinski definition) is 8. The summed E-state index contributed by atoms with van der Waals surface area (Å²) in [7, 11) is 8.69. The average Bonchev–Trinajstić information content (AvgIpc) is 2.81. The van der Waals surface area contributed by atoms with Crippen LogP contribution in [0.25, 0.3) is 0 Å². The number of amides is 2. The largest absolute Gasteiger partial charge is 0.502 e. The molecule has 0 bridgehead atoms. The lowest BCUT2D eigenvalue weighted by Crippen LogP contribution is -2.37. The SMILES string of the molecule is COc1cc(C(=O)N(C)CCN(C)C(=O)c2cc(OC)c(O)c(OC)c2)cc(OC)c1O. The first kappa shape index (κ1) is 24.4. The van der Waals surface area contributed by atoms with E-state index in [-0.39, 0.29) is 70.5 Å². The van der Waals surface area contributed by atoms with Crippen LogP contribution in [0.1, 0.15) is 20.7 Å². The molecule has 0 radical (unpaired) electrons. The third kappa shape index (κ3) is 5.08. The Morgan fingerprint density at radius 1 is 0.656 bits per heavy atom. The van der Waals surface area contributed by atoms with Crippen LogP contribution in [0.3, 0.4) is 0 Å². The van der Waals surface area contributed by atoms with E-state index in [2.05, 4.69) is 0 Å². The van der Waals surface area contributed by atoms with Crippen molar-refractivity contribution in [3.8, 4) is 34.5 Å². The van der Waals surface area contributed by atoms with Crippen LogP contribution in [0, 0.1) is 0 Å². The van der Waals surface area contributed by atoms with Crippen LogP contribution in [0.2, 0.25) is 0 Å². The molecule has 10 nitrogen and oxygen atoms in total. The van der Waals surface area contributed by atoms with Crippen molar-refractivity contribution >= 4 is 11.8 Å². The zero-order valence-corrected chi connectivity index (χ0v) is 19.0. The van der Waals surface area contributed by atoms with Crippen LogP contribution in [-0.2, 0) is 0 Å². The van der Waals surface area contributed by atoms with Crippen LogP contribution in [-0.4, -0.2) is 87.5 Å². The summed E-state index contributed by atoms with van der Waals surface area (Å²) >= 11 is 0. The molecule has 0 aliphatic carbocycles. The first-order valence-electron chi connectivity index (χ1n) is 9.59. The van der Waals surface area contributed by atoms with Crippen molar-refractivity contribution in [2.24, 2.45) is 0 Å². The highest BCUT2D eigenvalue weighted by Gasteiger charge is 2.21. The van der Waals surface area contributed by atoms with Gasteiger partial charge < -0.3 is 39.0 Å². The van der Waals surface area contributed by atoms with Gasteiger partial charge in [-0.2, -0.15) is 0 Å². The Morgan fingerprint density at radius 3 is 1.12 bits per heavy atom. The highest BCUT2D eigenvalue weighted by atomic mass is 16.5. The predicted octanol–water partition coefficient (Wildman–Crippen LogP) is 1.98. The molecule has 10 heteroatoms. The Hall–Kier alpha value is -3.82. The van der Waals surface area contributed by atoms with Gasteiger partial charge in [0.1, 0.15) is 0 Å². The average molecular weight is 448 g/mol. The number of aromatic hydroxyl groups is 2. The fourth-order valence-electron chi connectivity index (χ4n) is 2.98. The Labute approximate surface area is 186 Å². The molecule has 0 heterocycles. The Balaban J connectivity index is 2.12. The monoisotopic (exact) mass is 448 g/mol. The van der Waals surface area contributed by atoms with E-state index >= 15 is 0 Å². The van der Waals surface area contributed by atoms with Crippen LogP contribution in [0.15, 0.2) is 24.3 Å². The third-order valence-corrected chi connectivity index (χ3v) is 4.92. The summed E-state index contributed by atoms with van der Waals surface area (Å²) in [6.07, 6.45) is 0. The second-order valence-corrected chi connectivity index (χ2v) is 6.91. The summed E-state index contributed by atoms with van der Waals surface area (Å²) in [6.45, 7) is 0.470. The normalized spacial score (nSPS) is 10.3. The second kappa shape index (κ2) is 10.5. The molecule has 0 atom stereocenters. The van der Waals surface area contributed by atoms with E-state index < -0.39 is 0 Å². The number of rotatable bonds is 9. The quantitative estimate of drug-likeness (QED) is 0.598. The number of ether oxygens (including phenoxy) is 4. The molecule has 0 aliphatic heterocycles. The summed E-state index contributed by atoms with van der Waals surface area (Å²) in [5, 5.41) is 20.0. The van der Waals surface area contributed by atoms with Crippen LogP contribution in [0.5, 0.6) is 34.5 Å². The first-order chi connectivity index (χ1) is 15.2. The van der Waals surface area contributed by atoms with Crippen molar-refractivity contribution in [2.45, 2.75) is 0 Å². The smallest absolute Gasteiger partial charge is 0.253 e. The maximum absolute atomic E-state index is 12.8. The van der Waals surface area contributed by atoms with Gasteiger partial charge in [-0.3, -0.25) is 9.59 Å². The van der Waals surface area contributed by atoms with Gasteiger partial charge in [0.2, 0.25) is 11.5 Å². The fourth-order valence-corrected chi connectivity index (χ4v) is 2.98. The van der Waals surface area contributed by atoms with Crippen LogP contribution >= 0.6 is 0 Å². The zero-order chi connectivity index (χ0) is 24.0. The topological polar surface area (TPSA) is 118 Å². The van der Waals surface area contributed by atoms with E-state index in [1.807, 2.05) is 0 Å². The van der Waals surface area contributed by atoms with Gasteiger partial charge >= 0.3 is 0 Å². The maximum atomic E-state index is 12.8. The van der Waals surface area contributed by atoms with Gasteiger partial charge in [0.25, 0.3) is 11.8 Å². The minimum atomic E-state index is -0.338.